The van der Waals surface area contributed by atoms with Crippen LogP contribution < -0.4 is 5.56 Å². The molecule has 4 nitrogen and oxygen atoms in total. The van der Waals surface area contributed by atoms with E-state index in [-0.39, 0.29) is 5.56 Å². The first-order valence-corrected chi connectivity index (χ1v) is 6.53. The molecule has 0 saturated carbocycles. The van der Waals surface area contributed by atoms with E-state index in [1.165, 1.54) is 15.9 Å². The predicted octanol–water partition coefficient (Wildman–Crippen LogP) is 1.65. The standard InChI is InChI=1S/C8H8IN3OS/c1-2-6-11-12-7(13)3-5(4-9)10-8(12)14-6/h3H,2,4H2,1H3. The molecule has 6 heteroatoms. The van der Waals surface area contributed by atoms with Crippen LogP contribution in [-0.2, 0) is 10.8 Å². The zero-order chi connectivity index (χ0) is 10.1. The van der Waals surface area contributed by atoms with Gasteiger partial charge in [0.25, 0.3) is 5.56 Å². The van der Waals surface area contributed by atoms with E-state index in [0.29, 0.717) is 4.96 Å². The van der Waals surface area contributed by atoms with Gasteiger partial charge >= 0.3 is 0 Å². The van der Waals surface area contributed by atoms with Crippen molar-refractivity contribution >= 4 is 38.9 Å². The van der Waals surface area contributed by atoms with Crippen LogP contribution in [0, 0.1) is 0 Å². The molecule has 2 rings (SSSR count). The van der Waals surface area contributed by atoms with E-state index in [1.54, 1.807) is 6.07 Å². The Morgan fingerprint density at radius 2 is 2.43 bits per heavy atom. The van der Waals surface area contributed by atoms with Gasteiger partial charge in [0.1, 0.15) is 5.01 Å². The molecule has 0 bridgehead atoms. The van der Waals surface area contributed by atoms with Gasteiger partial charge in [-0.1, -0.05) is 40.9 Å². The molecule has 2 aromatic heterocycles. The van der Waals surface area contributed by atoms with Gasteiger partial charge in [0, 0.05) is 10.5 Å². The molecule has 0 aromatic carbocycles. The lowest BCUT2D eigenvalue weighted by Crippen LogP contribution is -2.14. The van der Waals surface area contributed by atoms with Crippen molar-refractivity contribution in [1.82, 2.24) is 14.6 Å². The molecule has 0 N–H and O–H groups in total. The molecule has 0 fully saturated rings. The van der Waals surface area contributed by atoms with Crippen LogP contribution in [0.1, 0.15) is 17.6 Å². The molecule has 0 atom stereocenters. The second-order valence-electron chi connectivity index (χ2n) is 2.76. The van der Waals surface area contributed by atoms with E-state index in [9.17, 15) is 4.79 Å². The van der Waals surface area contributed by atoms with Crippen molar-refractivity contribution in [3.05, 3.63) is 27.1 Å². The summed E-state index contributed by atoms with van der Waals surface area (Å²) in [6.45, 7) is 2.02. The third-order valence-electron chi connectivity index (χ3n) is 1.78. The van der Waals surface area contributed by atoms with E-state index in [1.807, 2.05) is 6.92 Å². The van der Waals surface area contributed by atoms with Crippen LogP contribution in [0.15, 0.2) is 10.9 Å². The van der Waals surface area contributed by atoms with Gasteiger partial charge in [0.2, 0.25) is 4.96 Å². The fourth-order valence-corrected chi connectivity index (χ4v) is 2.36. The summed E-state index contributed by atoms with van der Waals surface area (Å²) in [6, 6.07) is 1.54. The quantitative estimate of drug-likeness (QED) is 0.624. The molecule has 0 saturated heterocycles. The number of hydrogen-bond donors (Lipinski definition) is 0. The number of rotatable bonds is 2. The lowest BCUT2D eigenvalue weighted by atomic mass is 10.5. The second kappa shape index (κ2) is 3.93. The molecular formula is C8H8IN3OS. The Morgan fingerprint density at radius 3 is 3.07 bits per heavy atom. The van der Waals surface area contributed by atoms with Gasteiger partial charge in [-0.05, 0) is 6.42 Å². The first kappa shape index (κ1) is 10.0. The number of fused-ring (bicyclic) bond motifs is 1. The van der Waals surface area contributed by atoms with Crippen LogP contribution in [0.2, 0.25) is 0 Å². The summed E-state index contributed by atoms with van der Waals surface area (Å²) in [7, 11) is 0. The van der Waals surface area contributed by atoms with Gasteiger partial charge in [-0.15, -0.1) is 0 Å². The number of aryl methyl sites for hydroxylation is 1. The van der Waals surface area contributed by atoms with Crippen LogP contribution in [0.25, 0.3) is 4.96 Å². The largest absolute Gasteiger partial charge is 0.275 e. The van der Waals surface area contributed by atoms with E-state index >= 15 is 0 Å². The van der Waals surface area contributed by atoms with Crippen LogP contribution >= 0.6 is 33.9 Å². The maximum absolute atomic E-state index is 11.6. The summed E-state index contributed by atoms with van der Waals surface area (Å²) in [6.07, 6.45) is 0.840. The molecule has 74 valence electrons. The molecule has 0 radical (unpaired) electrons. The van der Waals surface area contributed by atoms with Crippen molar-refractivity contribution < 1.29 is 0 Å². The lowest BCUT2D eigenvalue weighted by Gasteiger charge is -1.92. The molecule has 0 spiro atoms. The monoisotopic (exact) mass is 321 g/mol. The number of hydrogen-bond acceptors (Lipinski definition) is 4. The van der Waals surface area contributed by atoms with Crippen molar-refractivity contribution in [1.29, 1.82) is 0 Å². The average Bonchev–Trinajstić information content (AvgIpc) is 2.61. The maximum atomic E-state index is 11.6. The molecule has 2 heterocycles. The third kappa shape index (κ3) is 1.68. The van der Waals surface area contributed by atoms with Gasteiger partial charge < -0.3 is 0 Å². The Bertz CT molecular complexity index is 519. The van der Waals surface area contributed by atoms with Crippen molar-refractivity contribution in [3.63, 3.8) is 0 Å². The molecule has 0 amide bonds. The van der Waals surface area contributed by atoms with E-state index < -0.39 is 0 Å². The van der Waals surface area contributed by atoms with Crippen LogP contribution in [-0.4, -0.2) is 14.6 Å². The van der Waals surface area contributed by atoms with Gasteiger partial charge in [0.15, 0.2) is 0 Å². The van der Waals surface area contributed by atoms with Crippen molar-refractivity contribution in [3.8, 4) is 0 Å². The second-order valence-corrected chi connectivity index (χ2v) is 4.57. The van der Waals surface area contributed by atoms with Crippen LogP contribution in [0.4, 0.5) is 0 Å². The molecule has 0 aliphatic heterocycles. The molecule has 0 aliphatic rings. The fourth-order valence-electron chi connectivity index (χ4n) is 1.11. The maximum Gasteiger partial charge on any atom is 0.275 e. The Labute approximate surface area is 98.1 Å². The summed E-state index contributed by atoms with van der Waals surface area (Å²) in [5, 5.41) is 5.11. The summed E-state index contributed by atoms with van der Waals surface area (Å²) < 4.78 is 2.13. The van der Waals surface area contributed by atoms with Crippen LogP contribution in [0.3, 0.4) is 0 Å². The number of alkyl halides is 1. The third-order valence-corrected chi connectivity index (χ3v) is 3.61. The SMILES string of the molecule is CCc1nn2c(=O)cc(CI)nc2s1. The van der Waals surface area contributed by atoms with Crippen molar-refractivity contribution in [2.45, 2.75) is 17.8 Å². The normalized spacial score (nSPS) is 11.0. The molecular weight excluding hydrogens is 313 g/mol. The molecule has 0 unspecified atom stereocenters. The van der Waals surface area contributed by atoms with Crippen molar-refractivity contribution in [2.75, 3.05) is 0 Å². The van der Waals surface area contributed by atoms with E-state index in [2.05, 4.69) is 32.7 Å². The highest BCUT2D eigenvalue weighted by Gasteiger charge is 2.06. The molecule has 14 heavy (non-hydrogen) atoms. The Hall–Kier alpha value is -0.500. The Morgan fingerprint density at radius 1 is 1.64 bits per heavy atom. The molecule has 2 aromatic rings. The molecule has 0 aliphatic carbocycles. The summed E-state index contributed by atoms with van der Waals surface area (Å²) >= 11 is 3.67. The fraction of sp³-hybridized carbons (Fsp3) is 0.375. The Balaban J connectivity index is 2.73. The van der Waals surface area contributed by atoms with Crippen molar-refractivity contribution in [2.24, 2.45) is 0 Å². The minimum absolute atomic E-state index is 0.0855. The lowest BCUT2D eigenvalue weighted by molar-refractivity contribution is 0.853. The van der Waals surface area contributed by atoms with Crippen LogP contribution in [0.5, 0.6) is 0 Å². The number of aromatic nitrogens is 3. The topological polar surface area (TPSA) is 47.3 Å². The first-order valence-electron chi connectivity index (χ1n) is 4.19. The number of halogens is 1. The minimum Gasteiger partial charge on any atom is -0.267 e. The highest BCUT2D eigenvalue weighted by Crippen LogP contribution is 2.12. The summed E-state index contributed by atoms with van der Waals surface area (Å²) in [4.78, 5) is 16.6. The van der Waals surface area contributed by atoms with E-state index in [4.69, 9.17) is 0 Å². The van der Waals surface area contributed by atoms with Gasteiger partial charge in [0.05, 0.1) is 5.69 Å². The predicted molar refractivity (Wildman–Crippen MR) is 64.2 cm³/mol. The van der Waals surface area contributed by atoms with Gasteiger partial charge in [-0.25, -0.2) is 4.98 Å². The average molecular weight is 321 g/mol. The smallest absolute Gasteiger partial charge is 0.267 e. The van der Waals surface area contributed by atoms with Gasteiger partial charge in [-0.2, -0.15) is 9.61 Å². The summed E-state index contributed by atoms with van der Waals surface area (Å²) in [5.41, 5.74) is 0.736. The first-order chi connectivity index (χ1) is 6.74. The number of nitrogens with zero attached hydrogens (tertiary/aromatic N) is 3. The summed E-state index contributed by atoms with van der Waals surface area (Å²) in [5.74, 6) is 0. The van der Waals surface area contributed by atoms with E-state index in [0.717, 1.165) is 21.5 Å². The zero-order valence-electron chi connectivity index (χ0n) is 7.53. The zero-order valence-corrected chi connectivity index (χ0v) is 10.5. The Kier molecular flexibility index (Phi) is 2.82. The minimum atomic E-state index is -0.0855. The highest BCUT2D eigenvalue weighted by atomic mass is 127. The van der Waals surface area contributed by atoms with Gasteiger partial charge in [-0.3, -0.25) is 4.79 Å². The highest BCUT2D eigenvalue weighted by molar-refractivity contribution is 14.1.